The number of anilines is 1. The van der Waals surface area contributed by atoms with Crippen molar-refractivity contribution in [3.05, 3.63) is 48.5 Å². The number of fused-ring (bicyclic) bond motifs is 1. The molecular weight excluding hydrogens is 665 g/mol. The number of hydrogen-bond acceptors (Lipinski definition) is 9. The van der Waals surface area contributed by atoms with Gasteiger partial charge in [-0.05, 0) is 43.9 Å². The Bertz CT molecular complexity index is 1410. The minimum atomic E-state index is -4.51. The van der Waals surface area contributed by atoms with E-state index in [-0.39, 0.29) is 6.61 Å². The Balaban J connectivity index is 1.34. The van der Waals surface area contributed by atoms with Crippen molar-refractivity contribution in [3.63, 3.8) is 0 Å². The Labute approximate surface area is 306 Å². The van der Waals surface area contributed by atoms with Gasteiger partial charge in [0, 0.05) is 0 Å². The number of hydrogen-bond donors (Lipinski definition) is 2. The van der Waals surface area contributed by atoms with Crippen molar-refractivity contribution in [2.24, 2.45) is 0 Å². The minimum Gasteiger partial charge on any atom is -0.382 e. The summed E-state index contributed by atoms with van der Waals surface area (Å²) in [7, 11) is -4.51. The van der Waals surface area contributed by atoms with Crippen molar-refractivity contribution in [3.8, 4) is 6.07 Å². The Hall–Kier alpha value is -2.58. The first-order valence-corrected chi connectivity index (χ1v) is 20.9. The number of ether oxygens (including phenoxy) is 2. The van der Waals surface area contributed by atoms with E-state index in [1.54, 1.807) is 16.7 Å². The van der Waals surface area contributed by atoms with Crippen molar-refractivity contribution in [2.75, 3.05) is 25.6 Å². The van der Waals surface area contributed by atoms with Gasteiger partial charge in [0.1, 0.15) is 30.6 Å². The highest BCUT2D eigenvalue weighted by Crippen LogP contribution is 2.47. The van der Waals surface area contributed by atoms with Gasteiger partial charge in [0.05, 0.1) is 25.0 Å². The lowest BCUT2D eigenvalue weighted by molar-refractivity contribution is -0.0432. The van der Waals surface area contributed by atoms with E-state index in [2.05, 4.69) is 29.7 Å². The van der Waals surface area contributed by atoms with E-state index < -0.39 is 32.2 Å². The van der Waals surface area contributed by atoms with Crippen molar-refractivity contribution in [2.45, 2.75) is 160 Å². The average molecular weight is 730 g/mol. The molecule has 1 saturated heterocycles. The zero-order chi connectivity index (χ0) is 36.8. The zero-order valence-electron chi connectivity index (χ0n) is 31.3. The first kappa shape index (κ1) is 42.8. The SMILES string of the molecule is C=C/C(=C\C)COC(CCCCCCCCCCCCCCCCCCC)COP(=O)(O)OCC1(C#N)CCC(c2ccc3c(N)ncnn23)O1. The van der Waals surface area contributed by atoms with Gasteiger partial charge in [-0.2, -0.15) is 10.4 Å². The maximum absolute atomic E-state index is 13.0. The first-order valence-electron chi connectivity index (χ1n) is 19.4. The Morgan fingerprint density at radius 1 is 1.08 bits per heavy atom. The van der Waals surface area contributed by atoms with Crippen LogP contribution < -0.4 is 5.73 Å². The van der Waals surface area contributed by atoms with Crippen LogP contribution in [0.25, 0.3) is 5.52 Å². The molecule has 4 atom stereocenters. The minimum absolute atomic E-state index is 0.110. The summed E-state index contributed by atoms with van der Waals surface area (Å²) in [6.07, 6.45) is 27.8. The van der Waals surface area contributed by atoms with Gasteiger partial charge in [0.15, 0.2) is 11.4 Å². The lowest BCUT2D eigenvalue weighted by atomic mass is 10.0. The van der Waals surface area contributed by atoms with Crippen LogP contribution in [0.5, 0.6) is 0 Å². The third kappa shape index (κ3) is 15.5. The molecule has 0 saturated carbocycles. The first-order chi connectivity index (χ1) is 24.8. The summed E-state index contributed by atoms with van der Waals surface area (Å²) < 4.78 is 37.5. The van der Waals surface area contributed by atoms with E-state index in [4.69, 9.17) is 24.3 Å². The molecule has 51 heavy (non-hydrogen) atoms. The maximum atomic E-state index is 13.0. The number of nitrogens with two attached hydrogens (primary N) is 1. The fourth-order valence-electron chi connectivity index (χ4n) is 6.59. The largest absolute Gasteiger partial charge is 0.472 e. The molecule has 0 amide bonds. The van der Waals surface area contributed by atoms with Crippen molar-refractivity contribution in [1.82, 2.24) is 14.6 Å². The number of rotatable bonds is 29. The van der Waals surface area contributed by atoms with Gasteiger partial charge in [0.2, 0.25) is 0 Å². The fourth-order valence-corrected chi connectivity index (χ4v) is 7.39. The predicted molar refractivity (Wildman–Crippen MR) is 203 cm³/mol. The van der Waals surface area contributed by atoms with Gasteiger partial charge < -0.3 is 20.1 Å². The second-order valence-electron chi connectivity index (χ2n) is 13.9. The number of allylic oxidation sites excluding steroid dienone is 1. The van der Waals surface area contributed by atoms with Crippen molar-refractivity contribution < 1.29 is 28.0 Å². The Morgan fingerprint density at radius 2 is 1.69 bits per heavy atom. The third-order valence-corrected chi connectivity index (χ3v) is 10.8. The molecule has 0 radical (unpaired) electrons. The smallest absolute Gasteiger partial charge is 0.382 e. The molecule has 4 unspecified atom stereocenters. The molecule has 3 N–H and O–H groups in total. The van der Waals surface area contributed by atoms with Gasteiger partial charge >= 0.3 is 7.82 Å². The number of phosphoric acid groups is 1. The van der Waals surface area contributed by atoms with Crippen LogP contribution in [0.3, 0.4) is 0 Å². The quantitative estimate of drug-likeness (QED) is 0.0470. The zero-order valence-corrected chi connectivity index (χ0v) is 32.2. The summed E-state index contributed by atoms with van der Waals surface area (Å²) in [6.45, 7) is 7.82. The number of nitriles is 1. The van der Waals surface area contributed by atoms with Crippen LogP contribution in [0.2, 0.25) is 0 Å². The van der Waals surface area contributed by atoms with E-state index in [1.807, 2.05) is 19.1 Å². The fraction of sp³-hybridized carbons (Fsp3) is 0.718. The van der Waals surface area contributed by atoms with Crippen LogP contribution in [-0.4, -0.2) is 51.0 Å². The molecule has 0 aromatic carbocycles. The summed E-state index contributed by atoms with van der Waals surface area (Å²) >= 11 is 0. The second kappa shape index (κ2) is 23.9. The Kier molecular flexibility index (Phi) is 20.1. The third-order valence-electron chi connectivity index (χ3n) is 9.86. The van der Waals surface area contributed by atoms with Crippen LogP contribution in [0.4, 0.5) is 5.82 Å². The number of nitrogens with zero attached hydrogens (tertiary/aromatic N) is 4. The molecule has 2 aromatic heterocycles. The molecule has 11 nitrogen and oxygen atoms in total. The molecule has 12 heteroatoms. The van der Waals surface area contributed by atoms with E-state index in [1.165, 1.54) is 96.2 Å². The van der Waals surface area contributed by atoms with Crippen molar-refractivity contribution in [1.29, 1.82) is 5.26 Å². The van der Waals surface area contributed by atoms with Gasteiger partial charge in [-0.3, -0.25) is 9.05 Å². The van der Waals surface area contributed by atoms with E-state index in [0.717, 1.165) is 24.8 Å². The van der Waals surface area contributed by atoms with Crippen LogP contribution in [-0.2, 0) is 23.1 Å². The lowest BCUT2D eigenvalue weighted by Gasteiger charge is -2.24. The molecule has 286 valence electrons. The highest BCUT2D eigenvalue weighted by molar-refractivity contribution is 7.47. The van der Waals surface area contributed by atoms with Gasteiger partial charge in [-0.1, -0.05) is 135 Å². The molecule has 2 aromatic rings. The number of aromatic nitrogens is 3. The highest BCUT2D eigenvalue weighted by atomic mass is 31.2. The van der Waals surface area contributed by atoms with Crippen LogP contribution in [0.1, 0.15) is 154 Å². The van der Waals surface area contributed by atoms with E-state index in [0.29, 0.717) is 42.9 Å². The van der Waals surface area contributed by atoms with Gasteiger partial charge in [0.25, 0.3) is 0 Å². The molecule has 0 spiro atoms. The summed E-state index contributed by atoms with van der Waals surface area (Å²) in [5.74, 6) is 0.334. The molecule has 1 aliphatic rings. The molecule has 3 heterocycles. The summed E-state index contributed by atoms with van der Waals surface area (Å²) in [5, 5.41) is 14.2. The van der Waals surface area contributed by atoms with Crippen LogP contribution in [0, 0.1) is 11.3 Å². The molecule has 1 fully saturated rings. The topological polar surface area (TPSA) is 154 Å². The van der Waals surface area contributed by atoms with Crippen LogP contribution in [0.15, 0.2) is 42.8 Å². The van der Waals surface area contributed by atoms with Gasteiger partial charge in [-0.25, -0.2) is 14.1 Å². The second-order valence-corrected chi connectivity index (χ2v) is 15.4. The summed E-state index contributed by atoms with van der Waals surface area (Å²) in [4.78, 5) is 14.6. The van der Waals surface area contributed by atoms with Crippen LogP contribution >= 0.6 is 7.82 Å². The van der Waals surface area contributed by atoms with Gasteiger partial charge in [-0.15, -0.1) is 0 Å². The molecule has 0 aliphatic carbocycles. The lowest BCUT2D eigenvalue weighted by Crippen LogP contribution is -2.32. The van der Waals surface area contributed by atoms with E-state index >= 15 is 0 Å². The molecule has 1 aliphatic heterocycles. The van der Waals surface area contributed by atoms with E-state index in [9.17, 15) is 14.7 Å². The Morgan fingerprint density at radius 3 is 2.25 bits per heavy atom. The normalized spacial score (nSPS) is 19.6. The van der Waals surface area contributed by atoms with Crippen molar-refractivity contribution >= 4 is 19.2 Å². The number of unbranched alkanes of at least 4 members (excludes halogenated alkanes) is 16. The summed E-state index contributed by atoms with van der Waals surface area (Å²) in [6, 6.07) is 5.76. The molecular formula is C39H64N5O6P. The highest BCUT2D eigenvalue weighted by Gasteiger charge is 2.44. The standard InChI is InChI=1S/C39H64N5O6P/c1-4-7-8-9-10-11-12-13-14-15-16-17-18-19-20-21-22-23-34(47-28-33(5-2)6-3)29-48-51(45,46)49-31-39(30-40)27-26-37(50-39)35-24-25-36-38(41)42-32-43-44(35)36/h5-6,24-25,32,34,37H,2,4,7-23,26-29,31H2,1,3H3,(H,45,46)(H2,41,42,43)/b33-6+. The maximum Gasteiger partial charge on any atom is 0.472 e. The molecule has 3 rings (SSSR count). The number of phosphoric ester groups is 1. The summed E-state index contributed by atoms with van der Waals surface area (Å²) in [5.41, 5.74) is 6.82. The predicted octanol–water partition coefficient (Wildman–Crippen LogP) is 10.1. The average Bonchev–Trinajstić information content (AvgIpc) is 3.77. The molecule has 0 bridgehead atoms. The number of nitrogen functional groups attached to an aromatic ring is 1. The monoisotopic (exact) mass is 729 g/mol.